The highest BCUT2D eigenvalue weighted by Gasteiger charge is 2.33. The SMILES string of the molecule is O=P(c1ccccc1)(c1ccccc1)c1cccc(C2=C3C=Cc4ccccc4C3Nc3c2ccc2ccccc32)c1. The predicted molar refractivity (Wildman–Crippen MR) is 178 cm³/mol. The molecule has 3 heteroatoms. The highest BCUT2D eigenvalue weighted by molar-refractivity contribution is 7.85. The maximum absolute atomic E-state index is 15.3. The molecular weight excluding hydrogens is 529 g/mol. The number of fused-ring (bicyclic) bond motifs is 6. The maximum Gasteiger partial charge on any atom is 0.171 e. The van der Waals surface area contributed by atoms with Gasteiger partial charge in [-0.15, -0.1) is 0 Å². The summed E-state index contributed by atoms with van der Waals surface area (Å²) >= 11 is 0. The second kappa shape index (κ2) is 9.87. The summed E-state index contributed by atoms with van der Waals surface area (Å²) in [6.45, 7) is 0. The van der Waals surface area contributed by atoms with Gasteiger partial charge in [0.1, 0.15) is 0 Å². The highest BCUT2D eigenvalue weighted by Crippen LogP contribution is 2.49. The van der Waals surface area contributed by atoms with Gasteiger partial charge in [-0.2, -0.15) is 0 Å². The van der Waals surface area contributed by atoms with Crippen LogP contribution in [-0.2, 0) is 4.57 Å². The van der Waals surface area contributed by atoms with Gasteiger partial charge in [0.05, 0.1) is 11.7 Å². The van der Waals surface area contributed by atoms with Crippen LogP contribution >= 0.6 is 7.14 Å². The zero-order valence-corrected chi connectivity index (χ0v) is 23.8. The Morgan fingerprint density at radius 3 is 2.02 bits per heavy atom. The van der Waals surface area contributed by atoms with Crippen molar-refractivity contribution in [3.63, 3.8) is 0 Å². The van der Waals surface area contributed by atoms with Crippen molar-refractivity contribution in [2.45, 2.75) is 6.04 Å². The van der Waals surface area contributed by atoms with E-state index in [9.17, 15) is 0 Å². The average molecular weight is 558 g/mol. The van der Waals surface area contributed by atoms with Crippen LogP contribution in [0, 0.1) is 0 Å². The van der Waals surface area contributed by atoms with Crippen molar-refractivity contribution in [3.05, 3.63) is 179 Å². The van der Waals surface area contributed by atoms with Crippen LogP contribution in [0.3, 0.4) is 0 Å². The summed E-state index contributed by atoms with van der Waals surface area (Å²) < 4.78 is 15.3. The van der Waals surface area contributed by atoms with Gasteiger partial charge in [0.15, 0.2) is 7.14 Å². The van der Waals surface area contributed by atoms with E-state index in [1.54, 1.807) is 0 Å². The maximum atomic E-state index is 15.3. The fourth-order valence-corrected chi connectivity index (χ4v) is 9.29. The molecule has 8 rings (SSSR count). The summed E-state index contributed by atoms with van der Waals surface area (Å²) in [5.74, 6) is 0. The van der Waals surface area contributed by atoms with E-state index < -0.39 is 7.14 Å². The van der Waals surface area contributed by atoms with Gasteiger partial charge < -0.3 is 9.88 Å². The molecular formula is C39H28NOP. The van der Waals surface area contributed by atoms with Gasteiger partial charge in [0.25, 0.3) is 0 Å². The van der Waals surface area contributed by atoms with Gasteiger partial charge in [-0.1, -0.05) is 152 Å². The molecule has 2 aliphatic rings. The molecule has 0 spiro atoms. The molecule has 1 aliphatic carbocycles. The first-order chi connectivity index (χ1) is 20.7. The minimum Gasteiger partial charge on any atom is -0.373 e. The smallest absolute Gasteiger partial charge is 0.171 e. The number of nitrogens with one attached hydrogen (secondary N) is 1. The van der Waals surface area contributed by atoms with Crippen molar-refractivity contribution in [1.82, 2.24) is 0 Å². The van der Waals surface area contributed by atoms with Crippen molar-refractivity contribution >= 4 is 51.2 Å². The Balaban J connectivity index is 1.40. The molecule has 1 unspecified atom stereocenters. The van der Waals surface area contributed by atoms with Crippen LogP contribution in [0.25, 0.3) is 22.4 Å². The Labute approximate surface area is 246 Å². The lowest BCUT2D eigenvalue weighted by molar-refractivity contribution is 0.592. The largest absolute Gasteiger partial charge is 0.373 e. The Kier molecular flexibility index (Phi) is 5.84. The van der Waals surface area contributed by atoms with Crippen LogP contribution in [-0.4, -0.2) is 0 Å². The molecule has 200 valence electrons. The lowest BCUT2D eigenvalue weighted by atomic mass is 9.78. The number of anilines is 1. The molecule has 6 aromatic rings. The molecule has 0 saturated heterocycles. The Bertz CT molecular complexity index is 2050. The van der Waals surface area contributed by atoms with Crippen molar-refractivity contribution in [2.75, 3.05) is 5.32 Å². The second-order valence-corrected chi connectivity index (χ2v) is 13.7. The van der Waals surface area contributed by atoms with Gasteiger partial charge in [-0.25, -0.2) is 0 Å². The molecule has 6 aromatic carbocycles. The zero-order valence-electron chi connectivity index (χ0n) is 22.9. The first-order valence-corrected chi connectivity index (χ1v) is 16.0. The third kappa shape index (κ3) is 3.84. The van der Waals surface area contributed by atoms with Crippen LogP contribution in [0.15, 0.2) is 157 Å². The minimum absolute atomic E-state index is 0.0122. The second-order valence-electron chi connectivity index (χ2n) is 10.9. The number of hydrogen-bond donors (Lipinski definition) is 1. The zero-order chi connectivity index (χ0) is 28.1. The number of hydrogen-bond acceptors (Lipinski definition) is 2. The van der Waals surface area contributed by atoms with Crippen LogP contribution in [0.1, 0.15) is 28.3 Å². The van der Waals surface area contributed by atoms with E-state index in [0.29, 0.717) is 0 Å². The molecule has 0 bridgehead atoms. The summed E-state index contributed by atoms with van der Waals surface area (Å²) in [7, 11) is -3.12. The van der Waals surface area contributed by atoms with E-state index in [4.69, 9.17) is 0 Å². The van der Waals surface area contributed by atoms with E-state index in [0.717, 1.165) is 32.7 Å². The molecule has 0 amide bonds. The molecule has 1 heterocycles. The van der Waals surface area contributed by atoms with Crippen LogP contribution in [0.2, 0.25) is 0 Å². The molecule has 0 fully saturated rings. The van der Waals surface area contributed by atoms with Gasteiger partial charge in [0, 0.05) is 26.9 Å². The van der Waals surface area contributed by atoms with E-state index >= 15 is 4.57 Å². The summed E-state index contributed by atoms with van der Waals surface area (Å²) in [5, 5.41) is 8.86. The van der Waals surface area contributed by atoms with Gasteiger partial charge >= 0.3 is 0 Å². The fourth-order valence-electron chi connectivity index (χ4n) is 6.59. The molecule has 42 heavy (non-hydrogen) atoms. The summed E-state index contributed by atoms with van der Waals surface area (Å²) in [5.41, 5.74) is 8.27. The van der Waals surface area contributed by atoms with E-state index in [2.05, 4.69) is 96.3 Å². The number of rotatable bonds is 4. The molecule has 0 saturated carbocycles. The molecule has 0 aromatic heterocycles. The van der Waals surface area contributed by atoms with Gasteiger partial charge in [-0.05, 0) is 39.3 Å². The van der Waals surface area contributed by atoms with Gasteiger partial charge in [-0.3, -0.25) is 0 Å². The van der Waals surface area contributed by atoms with Crippen molar-refractivity contribution in [3.8, 4) is 0 Å². The Morgan fingerprint density at radius 2 is 1.24 bits per heavy atom. The first kappa shape index (κ1) is 24.9. The standard InChI is InChI=1S/C39H28NOP/c41-42(30-15-3-1-4-16-30,31-17-5-2-6-18-31)32-19-11-14-29(26-32)37-35-24-22-27-12-7-9-20-33(27)38(35)40-39-34-21-10-8-13-28(34)23-25-36(37)39/h1-26,38,40H. The topological polar surface area (TPSA) is 29.1 Å². The van der Waals surface area contributed by atoms with Crippen LogP contribution in [0.4, 0.5) is 5.69 Å². The van der Waals surface area contributed by atoms with Gasteiger partial charge in [0.2, 0.25) is 0 Å². The monoisotopic (exact) mass is 557 g/mol. The lowest BCUT2D eigenvalue weighted by Gasteiger charge is -2.35. The summed E-state index contributed by atoms with van der Waals surface area (Å²) in [4.78, 5) is 0. The molecule has 1 atom stereocenters. The third-order valence-electron chi connectivity index (χ3n) is 8.57. The summed E-state index contributed by atoms with van der Waals surface area (Å²) in [6.07, 6.45) is 4.48. The Hall–Kier alpha value is -4.91. The fraction of sp³-hybridized carbons (Fsp3) is 0.0256. The highest BCUT2D eigenvalue weighted by atomic mass is 31.2. The van der Waals surface area contributed by atoms with Crippen LogP contribution < -0.4 is 21.2 Å². The molecule has 0 radical (unpaired) electrons. The number of benzene rings is 6. The predicted octanol–water partition coefficient (Wildman–Crippen LogP) is 8.47. The Morgan fingerprint density at radius 1 is 0.571 bits per heavy atom. The van der Waals surface area contributed by atoms with Crippen molar-refractivity contribution in [2.24, 2.45) is 0 Å². The average Bonchev–Trinajstić information content (AvgIpc) is 3.07. The normalized spacial score (nSPS) is 15.5. The molecule has 1 N–H and O–H groups in total. The van der Waals surface area contributed by atoms with E-state index in [1.807, 2.05) is 66.7 Å². The molecule has 1 aliphatic heterocycles. The van der Waals surface area contributed by atoms with Crippen LogP contribution in [0.5, 0.6) is 0 Å². The van der Waals surface area contributed by atoms with Crippen molar-refractivity contribution < 1.29 is 4.57 Å². The summed E-state index contributed by atoms with van der Waals surface area (Å²) in [6, 6.07) is 49.9. The third-order valence-corrected chi connectivity index (χ3v) is 11.6. The lowest BCUT2D eigenvalue weighted by Crippen LogP contribution is -2.26. The minimum atomic E-state index is -3.12. The van der Waals surface area contributed by atoms with E-state index in [-0.39, 0.29) is 6.04 Å². The van der Waals surface area contributed by atoms with E-state index in [1.165, 1.54) is 33.0 Å². The van der Waals surface area contributed by atoms with Crippen molar-refractivity contribution in [1.29, 1.82) is 0 Å². The quantitative estimate of drug-likeness (QED) is 0.220. The molecule has 2 nitrogen and oxygen atoms in total. The first-order valence-electron chi connectivity index (χ1n) is 14.3.